The number of nitrogens with zero attached hydrogens (tertiary/aromatic N) is 5. The van der Waals surface area contributed by atoms with E-state index in [4.69, 9.17) is 15.2 Å². The number of nitrogens with two attached hydrogens (primary N) is 1. The van der Waals surface area contributed by atoms with E-state index < -0.39 is 0 Å². The van der Waals surface area contributed by atoms with E-state index >= 15 is 0 Å². The zero-order valence-electron chi connectivity index (χ0n) is 15.4. The van der Waals surface area contributed by atoms with E-state index in [-0.39, 0.29) is 28.4 Å². The summed E-state index contributed by atoms with van der Waals surface area (Å²) in [7, 11) is 1.52. The highest BCUT2D eigenvalue weighted by Gasteiger charge is 2.21. The molecule has 0 unspecified atom stereocenters. The molecule has 4 N–H and O–H groups in total. The molecule has 0 aliphatic carbocycles. The Labute approximate surface area is 165 Å². The van der Waals surface area contributed by atoms with Crippen molar-refractivity contribution in [2.24, 2.45) is 10.9 Å². The molecule has 10 heteroatoms. The number of hydrogen-bond acceptors (Lipinski definition) is 10. The maximum atomic E-state index is 10.4. The van der Waals surface area contributed by atoms with E-state index in [2.05, 4.69) is 30.7 Å². The Hall–Kier alpha value is -4.21. The molecule has 0 amide bonds. The molecule has 0 spiro atoms. The van der Waals surface area contributed by atoms with Crippen molar-refractivity contribution in [3.8, 4) is 11.5 Å². The number of anilines is 1. The minimum atomic E-state index is -0.0378. The first-order valence-electron chi connectivity index (χ1n) is 8.63. The van der Waals surface area contributed by atoms with Crippen LogP contribution in [0.15, 0.2) is 58.3 Å². The number of aromatic hydroxyl groups is 1. The van der Waals surface area contributed by atoms with E-state index in [1.165, 1.54) is 13.2 Å². The molecule has 4 aromatic rings. The fraction of sp³-hybridized carbons (Fsp3) is 0.105. The van der Waals surface area contributed by atoms with Gasteiger partial charge in [0.25, 0.3) is 0 Å². The highest BCUT2D eigenvalue weighted by Crippen LogP contribution is 2.28. The maximum absolute atomic E-state index is 10.4. The van der Waals surface area contributed by atoms with Crippen molar-refractivity contribution >= 4 is 22.8 Å². The van der Waals surface area contributed by atoms with Crippen LogP contribution in [0.2, 0.25) is 0 Å². The number of benzene rings is 2. The Morgan fingerprint density at radius 3 is 2.62 bits per heavy atom. The van der Waals surface area contributed by atoms with Gasteiger partial charge in [-0.2, -0.15) is 5.10 Å². The summed E-state index contributed by atoms with van der Waals surface area (Å²) in [5.74, 6) is 6.52. The molecule has 2 aromatic carbocycles. The van der Waals surface area contributed by atoms with Crippen molar-refractivity contribution < 1.29 is 14.5 Å². The van der Waals surface area contributed by atoms with Crippen LogP contribution in [0.1, 0.15) is 16.8 Å². The number of phenols is 1. The minimum Gasteiger partial charge on any atom is -0.507 e. The van der Waals surface area contributed by atoms with Gasteiger partial charge in [0.2, 0.25) is 11.3 Å². The second-order valence-corrected chi connectivity index (χ2v) is 6.03. The van der Waals surface area contributed by atoms with Gasteiger partial charge in [0.05, 0.1) is 7.11 Å². The number of fused-ring (bicyclic) bond motifs is 1. The fourth-order valence-electron chi connectivity index (χ4n) is 2.80. The van der Waals surface area contributed by atoms with Gasteiger partial charge in [-0.25, -0.2) is 14.6 Å². The molecule has 146 valence electrons. The average molecular weight is 391 g/mol. The number of rotatable bonds is 6. The van der Waals surface area contributed by atoms with Crippen LogP contribution in [-0.2, 0) is 6.54 Å². The Morgan fingerprint density at radius 1 is 1.14 bits per heavy atom. The van der Waals surface area contributed by atoms with Crippen molar-refractivity contribution in [3.63, 3.8) is 0 Å². The highest BCUT2D eigenvalue weighted by molar-refractivity contribution is 6.16. The third-order valence-electron chi connectivity index (χ3n) is 4.23. The van der Waals surface area contributed by atoms with Gasteiger partial charge in [-0.15, -0.1) is 0 Å². The summed E-state index contributed by atoms with van der Waals surface area (Å²) in [4.78, 5) is 8.86. The topological polar surface area (TPSA) is 145 Å². The quantitative estimate of drug-likeness (QED) is 0.255. The molecule has 2 aromatic heterocycles. The number of hydrazone groups is 1. The van der Waals surface area contributed by atoms with Crippen LogP contribution in [0, 0.1) is 0 Å². The highest BCUT2D eigenvalue weighted by atomic mass is 16.6. The molecule has 29 heavy (non-hydrogen) atoms. The van der Waals surface area contributed by atoms with Crippen molar-refractivity contribution in [2.45, 2.75) is 6.54 Å². The summed E-state index contributed by atoms with van der Waals surface area (Å²) < 4.78 is 9.96. The third-order valence-corrected chi connectivity index (χ3v) is 4.23. The SMILES string of the molecule is COc1ccc(O)c(C(=NN)c2nc3nonc3nc2NCc2ccccc2)c1. The van der Waals surface area contributed by atoms with Crippen LogP contribution in [0.25, 0.3) is 11.3 Å². The first-order valence-corrected chi connectivity index (χ1v) is 8.63. The van der Waals surface area contributed by atoms with Crippen molar-refractivity contribution in [1.29, 1.82) is 0 Å². The predicted octanol–water partition coefficient (Wildman–Crippen LogP) is 2.05. The van der Waals surface area contributed by atoms with Crippen LogP contribution in [-0.4, -0.2) is 38.2 Å². The molecule has 0 saturated heterocycles. The van der Waals surface area contributed by atoms with Crippen molar-refractivity contribution in [3.05, 3.63) is 65.4 Å². The monoisotopic (exact) mass is 391 g/mol. The summed E-state index contributed by atoms with van der Waals surface area (Å²) in [6.07, 6.45) is 0. The first kappa shape index (κ1) is 18.2. The lowest BCUT2D eigenvalue weighted by atomic mass is 10.0. The molecule has 0 fully saturated rings. The second-order valence-electron chi connectivity index (χ2n) is 6.03. The molecule has 0 atom stereocenters. The second kappa shape index (κ2) is 7.80. The van der Waals surface area contributed by atoms with Gasteiger partial charge in [0.1, 0.15) is 22.9 Å². The van der Waals surface area contributed by atoms with E-state index in [0.29, 0.717) is 23.7 Å². The van der Waals surface area contributed by atoms with Crippen LogP contribution in [0.3, 0.4) is 0 Å². The van der Waals surface area contributed by atoms with E-state index in [0.717, 1.165) is 5.56 Å². The van der Waals surface area contributed by atoms with E-state index in [9.17, 15) is 5.11 Å². The van der Waals surface area contributed by atoms with Gasteiger partial charge in [-0.05, 0) is 34.1 Å². The summed E-state index contributed by atoms with van der Waals surface area (Å²) in [5, 5.41) is 24.9. The Morgan fingerprint density at radius 2 is 1.90 bits per heavy atom. The summed E-state index contributed by atoms with van der Waals surface area (Å²) >= 11 is 0. The maximum Gasteiger partial charge on any atom is 0.245 e. The predicted molar refractivity (Wildman–Crippen MR) is 106 cm³/mol. The van der Waals surface area contributed by atoms with Crippen LogP contribution in [0.4, 0.5) is 5.82 Å². The minimum absolute atomic E-state index is 0.0378. The lowest BCUT2D eigenvalue weighted by Crippen LogP contribution is -2.15. The third kappa shape index (κ3) is 3.63. The summed E-state index contributed by atoms with van der Waals surface area (Å²) in [6.45, 7) is 0.473. The Bertz CT molecular complexity index is 1180. The van der Waals surface area contributed by atoms with Crippen LogP contribution >= 0.6 is 0 Å². The molecular weight excluding hydrogens is 374 g/mol. The lowest BCUT2D eigenvalue weighted by molar-refractivity contribution is 0.314. The normalized spacial score (nSPS) is 11.6. The molecule has 10 nitrogen and oxygen atoms in total. The molecule has 2 heterocycles. The van der Waals surface area contributed by atoms with E-state index in [1.807, 2.05) is 30.3 Å². The molecule has 0 saturated carbocycles. The summed E-state index contributed by atoms with van der Waals surface area (Å²) in [5.41, 5.74) is 2.28. The number of hydrogen-bond donors (Lipinski definition) is 3. The lowest BCUT2D eigenvalue weighted by Gasteiger charge is -2.13. The Balaban J connectivity index is 1.80. The molecule has 0 aliphatic rings. The Kier molecular flexibility index (Phi) is 4.89. The first-order chi connectivity index (χ1) is 14.2. The van der Waals surface area contributed by atoms with Gasteiger partial charge in [-0.3, -0.25) is 0 Å². The average Bonchev–Trinajstić information content (AvgIpc) is 3.22. The zero-order valence-corrected chi connectivity index (χ0v) is 15.4. The van der Waals surface area contributed by atoms with Crippen LogP contribution in [0.5, 0.6) is 11.5 Å². The van der Waals surface area contributed by atoms with Crippen LogP contribution < -0.4 is 15.9 Å². The number of methoxy groups -OCH3 is 1. The molecular formula is C19H17N7O3. The number of ether oxygens (including phenoxy) is 1. The van der Waals surface area contributed by atoms with Crippen molar-refractivity contribution in [2.75, 3.05) is 12.4 Å². The molecule has 0 bridgehead atoms. The molecule has 4 rings (SSSR count). The van der Waals surface area contributed by atoms with Gasteiger partial charge < -0.3 is 21.0 Å². The zero-order chi connectivity index (χ0) is 20.2. The fourth-order valence-corrected chi connectivity index (χ4v) is 2.80. The van der Waals surface area contributed by atoms with E-state index in [1.54, 1.807) is 12.1 Å². The van der Waals surface area contributed by atoms with Gasteiger partial charge in [0, 0.05) is 12.1 Å². The van der Waals surface area contributed by atoms with Gasteiger partial charge in [0.15, 0.2) is 5.82 Å². The molecule has 0 radical (unpaired) electrons. The number of aromatic nitrogens is 4. The smallest absolute Gasteiger partial charge is 0.245 e. The summed E-state index contributed by atoms with van der Waals surface area (Å²) in [6, 6.07) is 14.5. The standard InChI is InChI=1S/C19H17N7O3/c1-28-12-7-8-14(27)13(9-12)15(24-20)16-17(21-10-11-5-3-2-4-6-11)23-19-18(22-16)25-29-26-19/h2-9,27H,10,20H2,1H3,(H,21,23,26). The van der Waals surface area contributed by atoms with Gasteiger partial charge in [-0.1, -0.05) is 30.3 Å². The molecule has 0 aliphatic heterocycles. The largest absolute Gasteiger partial charge is 0.507 e. The van der Waals surface area contributed by atoms with Gasteiger partial charge >= 0.3 is 0 Å². The van der Waals surface area contributed by atoms with Crippen molar-refractivity contribution in [1.82, 2.24) is 20.3 Å². The number of nitrogens with one attached hydrogen (secondary N) is 1. The number of phenolic OH excluding ortho intramolecular Hbond substituents is 1.